The van der Waals surface area contributed by atoms with Crippen molar-refractivity contribution >= 4 is 29.1 Å². The largest absolute Gasteiger partial charge is 0.496 e. The number of fused-ring (bicyclic) bond motifs is 1. The molecule has 0 atom stereocenters. The second kappa shape index (κ2) is 15.2. The van der Waals surface area contributed by atoms with Crippen molar-refractivity contribution in [2.45, 2.75) is 45.8 Å². The maximum Gasteiger partial charge on any atom is 0.254 e. The molecule has 1 heterocycles. The van der Waals surface area contributed by atoms with Gasteiger partial charge in [-0.3, -0.25) is 14.5 Å². The van der Waals surface area contributed by atoms with Gasteiger partial charge in [0, 0.05) is 68.4 Å². The fourth-order valence-electron chi connectivity index (χ4n) is 5.49. The third-order valence-electron chi connectivity index (χ3n) is 7.56. The monoisotopic (exact) mass is 590 g/mol. The molecule has 0 spiro atoms. The second-order valence-corrected chi connectivity index (χ2v) is 11.6. The van der Waals surface area contributed by atoms with Crippen LogP contribution in [0.2, 0.25) is 5.02 Å². The number of carbonyl (C=O) groups is 2. The average molecular weight is 591 g/mol. The summed E-state index contributed by atoms with van der Waals surface area (Å²) in [5.74, 6) is 0.789. The van der Waals surface area contributed by atoms with E-state index >= 15 is 0 Å². The summed E-state index contributed by atoms with van der Waals surface area (Å²) in [6, 6.07) is 21.7. The Bertz CT molecular complexity index is 1350. The molecule has 0 saturated carbocycles. The highest BCUT2D eigenvalue weighted by Crippen LogP contribution is 2.29. The molecule has 42 heavy (non-hydrogen) atoms. The third kappa shape index (κ3) is 8.34. The van der Waals surface area contributed by atoms with Crippen LogP contribution in [0.5, 0.6) is 5.75 Å². The Morgan fingerprint density at radius 1 is 0.952 bits per heavy atom. The average Bonchev–Trinajstić information content (AvgIpc) is 3.00. The van der Waals surface area contributed by atoms with E-state index in [1.54, 1.807) is 7.11 Å². The third-order valence-corrected chi connectivity index (χ3v) is 7.79. The molecule has 3 aromatic carbocycles. The molecular weight excluding hydrogens is 548 g/mol. The molecule has 3 aromatic rings. The highest BCUT2D eigenvalue weighted by atomic mass is 35.5. The fourth-order valence-corrected chi connectivity index (χ4v) is 5.66. The smallest absolute Gasteiger partial charge is 0.254 e. The molecule has 0 fully saturated rings. The minimum absolute atomic E-state index is 0.0519. The van der Waals surface area contributed by atoms with Crippen LogP contribution < -0.4 is 9.64 Å². The van der Waals surface area contributed by atoms with Gasteiger partial charge in [0.15, 0.2) is 0 Å². The Morgan fingerprint density at radius 3 is 2.45 bits per heavy atom. The predicted molar refractivity (Wildman–Crippen MR) is 170 cm³/mol. The van der Waals surface area contributed by atoms with Gasteiger partial charge >= 0.3 is 0 Å². The number of carbonyl (C=O) groups excluding carboxylic acids is 2. The fraction of sp³-hybridized carbons (Fsp3) is 0.412. The zero-order valence-corrected chi connectivity index (χ0v) is 26.1. The molecule has 2 amide bonds. The van der Waals surface area contributed by atoms with Gasteiger partial charge in [-0.1, -0.05) is 54.9 Å². The van der Waals surface area contributed by atoms with Crippen LogP contribution in [-0.4, -0.2) is 73.9 Å². The van der Waals surface area contributed by atoms with Gasteiger partial charge in [0.25, 0.3) is 5.91 Å². The van der Waals surface area contributed by atoms with Gasteiger partial charge in [0.05, 0.1) is 12.8 Å². The Labute approximate surface area is 255 Å². The van der Waals surface area contributed by atoms with Crippen molar-refractivity contribution in [1.82, 2.24) is 14.7 Å². The van der Waals surface area contributed by atoms with E-state index in [2.05, 4.69) is 34.1 Å². The zero-order chi connectivity index (χ0) is 30.1. The van der Waals surface area contributed by atoms with Crippen molar-refractivity contribution in [2.75, 3.05) is 52.3 Å². The lowest BCUT2D eigenvalue weighted by atomic mass is 10.1. The molecular formula is C34H43ClN4O3. The minimum Gasteiger partial charge on any atom is -0.496 e. The van der Waals surface area contributed by atoms with E-state index < -0.39 is 0 Å². The van der Waals surface area contributed by atoms with Crippen LogP contribution in [0.1, 0.15) is 53.2 Å². The zero-order valence-electron chi connectivity index (χ0n) is 25.3. The number of rotatable bonds is 8. The molecule has 4 rings (SSSR count). The van der Waals surface area contributed by atoms with Gasteiger partial charge in [-0.05, 0) is 68.4 Å². The molecule has 7 nitrogen and oxygen atoms in total. The van der Waals surface area contributed by atoms with E-state index in [4.69, 9.17) is 16.3 Å². The number of benzene rings is 3. The number of hydrogen-bond acceptors (Lipinski definition) is 5. The highest BCUT2D eigenvalue weighted by Gasteiger charge is 2.25. The van der Waals surface area contributed by atoms with Gasteiger partial charge in [-0.2, -0.15) is 0 Å². The summed E-state index contributed by atoms with van der Waals surface area (Å²) in [6.07, 6.45) is 2.04. The number of nitrogens with zero attached hydrogens (tertiary/aromatic N) is 4. The van der Waals surface area contributed by atoms with Crippen molar-refractivity contribution in [3.8, 4) is 5.75 Å². The van der Waals surface area contributed by atoms with Crippen LogP contribution in [-0.2, 0) is 24.4 Å². The highest BCUT2D eigenvalue weighted by molar-refractivity contribution is 6.31. The number of anilines is 1. The van der Waals surface area contributed by atoms with Crippen molar-refractivity contribution in [2.24, 2.45) is 0 Å². The van der Waals surface area contributed by atoms with Gasteiger partial charge in [0.2, 0.25) is 5.91 Å². The Morgan fingerprint density at radius 2 is 1.74 bits per heavy atom. The van der Waals surface area contributed by atoms with Crippen LogP contribution in [0.4, 0.5) is 5.69 Å². The van der Waals surface area contributed by atoms with Crippen molar-refractivity contribution < 1.29 is 14.3 Å². The Kier molecular flexibility index (Phi) is 11.4. The quantitative estimate of drug-likeness (QED) is 0.318. The molecule has 0 N–H and O–H groups in total. The predicted octanol–water partition coefficient (Wildman–Crippen LogP) is 6.09. The van der Waals surface area contributed by atoms with Crippen LogP contribution in [0.25, 0.3) is 0 Å². The minimum atomic E-state index is -0.0519. The number of amides is 2. The van der Waals surface area contributed by atoms with Crippen molar-refractivity contribution in [1.29, 1.82) is 0 Å². The molecule has 0 saturated heterocycles. The number of ether oxygens (including phenoxy) is 1. The van der Waals surface area contributed by atoms with Crippen LogP contribution in [0.15, 0.2) is 66.7 Å². The maximum absolute atomic E-state index is 14.2. The normalized spacial score (nSPS) is 14.8. The summed E-state index contributed by atoms with van der Waals surface area (Å²) >= 11 is 6.48. The lowest BCUT2D eigenvalue weighted by molar-refractivity contribution is -0.118. The number of hydrogen-bond donors (Lipinski definition) is 0. The lowest BCUT2D eigenvalue weighted by Gasteiger charge is -2.29. The molecule has 0 radical (unpaired) electrons. The first-order chi connectivity index (χ1) is 20.3. The SMILES string of the molecule is CCCC(=O)N1CCCN(Cc2ccccc2)CCN(C(=O)c2ccc(OC)c(CN(C)C)c2)Cc2ccc(Cl)cc21. The Balaban J connectivity index is 1.72. The molecule has 0 unspecified atom stereocenters. The van der Waals surface area contributed by atoms with E-state index in [-0.39, 0.29) is 11.8 Å². The van der Waals surface area contributed by atoms with Gasteiger partial charge in [-0.25, -0.2) is 0 Å². The summed E-state index contributed by atoms with van der Waals surface area (Å²) in [4.78, 5) is 35.8. The first kappa shape index (κ1) is 31.5. The molecule has 0 bridgehead atoms. The molecule has 1 aliphatic rings. The molecule has 224 valence electrons. The summed E-state index contributed by atoms with van der Waals surface area (Å²) in [5, 5.41) is 0.574. The van der Waals surface area contributed by atoms with E-state index in [1.165, 1.54) is 5.56 Å². The second-order valence-electron chi connectivity index (χ2n) is 11.2. The summed E-state index contributed by atoms with van der Waals surface area (Å²) in [5.41, 5.74) is 4.50. The first-order valence-electron chi connectivity index (χ1n) is 14.7. The van der Waals surface area contributed by atoms with E-state index in [0.29, 0.717) is 49.7 Å². The van der Waals surface area contributed by atoms with Gasteiger partial charge in [-0.15, -0.1) is 0 Å². The van der Waals surface area contributed by atoms with E-state index in [0.717, 1.165) is 48.5 Å². The molecule has 0 aromatic heterocycles. The summed E-state index contributed by atoms with van der Waals surface area (Å²) in [7, 11) is 5.64. The van der Waals surface area contributed by atoms with Crippen LogP contribution >= 0.6 is 11.6 Å². The Hall–Kier alpha value is -3.39. The van der Waals surface area contributed by atoms with Crippen LogP contribution in [0.3, 0.4) is 0 Å². The molecule has 8 heteroatoms. The number of methoxy groups -OCH3 is 1. The van der Waals surface area contributed by atoms with Crippen molar-refractivity contribution in [3.63, 3.8) is 0 Å². The van der Waals surface area contributed by atoms with Gasteiger partial charge < -0.3 is 19.4 Å². The summed E-state index contributed by atoms with van der Waals surface area (Å²) in [6.45, 7) is 6.49. The first-order valence-corrected chi connectivity index (χ1v) is 15.1. The topological polar surface area (TPSA) is 56.3 Å². The van der Waals surface area contributed by atoms with Gasteiger partial charge in [0.1, 0.15) is 5.75 Å². The van der Waals surface area contributed by atoms with E-state index in [9.17, 15) is 9.59 Å². The molecule has 1 aliphatic heterocycles. The maximum atomic E-state index is 14.2. The standard InChI is InChI=1S/C34H43ClN4O3/c1-5-10-33(40)39-18-9-17-37(23-26-11-7-6-8-12-26)19-20-38(25-28-13-15-30(35)22-31(28)39)34(41)27-14-16-32(42-4)29(21-27)24-36(2)3/h6-8,11-16,21-22H,5,9-10,17-20,23-25H2,1-4H3. The van der Waals surface area contributed by atoms with Crippen LogP contribution in [0, 0.1) is 0 Å². The van der Waals surface area contributed by atoms with Crippen molar-refractivity contribution in [3.05, 3.63) is 94.0 Å². The summed E-state index contributed by atoms with van der Waals surface area (Å²) < 4.78 is 5.58. The molecule has 0 aliphatic carbocycles. The van der Waals surface area contributed by atoms with E-state index in [1.807, 2.05) is 73.3 Å². The lowest BCUT2D eigenvalue weighted by Crippen LogP contribution is -2.38. The number of halogens is 1.